The second-order valence-electron chi connectivity index (χ2n) is 4.97. The number of nitrogens with zero attached hydrogens (tertiary/aromatic N) is 2. The third-order valence-electron chi connectivity index (χ3n) is 3.96. The van der Waals surface area contributed by atoms with Crippen LogP contribution in [-0.2, 0) is 0 Å². The summed E-state index contributed by atoms with van der Waals surface area (Å²) in [5, 5.41) is 12.3. The predicted molar refractivity (Wildman–Crippen MR) is 61.8 cm³/mol. The molecule has 2 aliphatic rings. The summed E-state index contributed by atoms with van der Waals surface area (Å²) >= 11 is 0. The number of anilines is 1. The second kappa shape index (κ2) is 3.79. The maximum atomic E-state index is 8.82. The second-order valence-corrected chi connectivity index (χ2v) is 4.97. The summed E-state index contributed by atoms with van der Waals surface area (Å²) in [5.41, 5.74) is 0.681. The van der Waals surface area contributed by atoms with Gasteiger partial charge in [0.25, 0.3) is 0 Å². The molecule has 0 spiro atoms. The quantitative estimate of drug-likeness (QED) is 0.821. The maximum absolute atomic E-state index is 8.82. The van der Waals surface area contributed by atoms with Crippen molar-refractivity contribution in [3.63, 3.8) is 0 Å². The summed E-state index contributed by atoms with van der Waals surface area (Å²) in [6.07, 6.45) is 7.14. The minimum absolute atomic E-state index is 0.584. The molecule has 2 aliphatic carbocycles. The first-order chi connectivity index (χ1) is 7.85. The standard InChI is InChI=1S/C13H15N3/c14-8-10-3-4-15-13(7-10)16-12-6-9-1-2-11(12)5-9/h3-4,7,9,11-12H,1-2,5-6H2,(H,15,16). The highest BCUT2D eigenvalue weighted by Gasteiger charge is 2.39. The van der Waals surface area contributed by atoms with Crippen LogP contribution in [0.15, 0.2) is 18.3 Å². The zero-order valence-electron chi connectivity index (χ0n) is 9.19. The molecule has 0 aromatic carbocycles. The van der Waals surface area contributed by atoms with Crippen LogP contribution in [0, 0.1) is 23.2 Å². The summed E-state index contributed by atoms with van der Waals surface area (Å²) in [5.74, 6) is 2.62. The minimum Gasteiger partial charge on any atom is -0.367 e. The highest BCUT2D eigenvalue weighted by atomic mass is 15.0. The lowest BCUT2D eigenvalue weighted by molar-refractivity contribution is 0.439. The van der Waals surface area contributed by atoms with Gasteiger partial charge in [-0.15, -0.1) is 0 Å². The van der Waals surface area contributed by atoms with Crippen molar-refractivity contribution in [3.05, 3.63) is 23.9 Å². The molecule has 1 aromatic heterocycles. The zero-order chi connectivity index (χ0) is 11.0. The van der Waals surface area contributed by atoms with Gasteiger partial charge in [0.15, 0.2) is 0 Å². The minimum atomic E-state index is 0.584. The van der Waals surface area contributed by atoms with Gasteiger partial charge < -0.3 is 5.32 Å². The summed E-state index contributed by atoms with van der Waals surface area (Å²) < 4.78 is 0. The molecule has 3 heteroatoms. The highest BCUT2D eigenvalue weighted by molar-refractivity contribution is 5.43. The summed E-state index contributed by atoms with van der Waals surface area (Å²) in [7, 11) is 0. The monoisotopic (exact) mass is 213 g/mol. The van der Waals surface area contributed by atoms with E-state index in [1.807, 2.05) is 6.07 Å². The molecule has 2 fully saturated rings. The van der Waals surface area contributed by atoms with Crippen LogP contribution in [-0.4, -0.2) is 11.0 Å². The van der Waals surface area contributed by atoms with Crippen molar-refractivity contribution >= 4 is 5.82 Å². The number of fused-ring (bicyclic) bond motifs is 2. The number of nitriles is 1. The van der Waals surface area contributed by atoms with Gasteiger partial charge >= 0.3 is 0 Å². The van der Waals surface area contributed by atoms with E-state index >= 15 is 0 Å². The number of pyridine rings is 1. The van der Waals surface area contributed by atoms with Crippen LogP contribution in [0.1, 0.15) is 31.2 Å². The van der Waals surface area contributed by atoms with Crippen LogP contribution in [0.2, 0.25) is 0 Å². The SMILES string of the molecule is N#Cc1ccnc(NC2CC3CCC2C3)c1. The highest BCUT2D eigenvalue weighted by Crippen LogP contribution is 2.45. The van der Waals surface area contributed by atoms with E-state index in [0.29, 0.717) is 11.6 Å². The first-order valence-electron chi connectivity index (χ1n) is 5.98. The molecule has 0 amide bonds. The molecule has 1 heterocycles. The molecule has 0 radical (unpaired) electrons. The van der Waals surface area contributed by atoms with E-state index in [4.69, 9.17) is 5.26 Å². The molecule has 3 atom stereocenters. The Morgan fingerprint density at radius 3 is 3.00 bits per heavy atom. The van der Waals surface area contributed by atoms with Gasteiger partial charge in [0.2, 0.25) is 0 Å². The van der Waals surface area contributed by atoms with Crippen molar-refractivity contribution < 1.29 is 0 Å². The smallest absolute Gasteiger partial charge is 0.127 e. The van der Waals surface area contributed by atoms with Crippen molar-refractivity contribution in [1.82, 2.24) is 4.98 Å². The van der Waals surface area contributed by atoms with E-state index in [0.717, 1.165) is 17.7 Å². The number of aromatic nitrogens is 1. The van der Waals surface area contributed by atoms with Gasteiger partial charge in [-0.3, -0.25) is 0 Å². The van der Waals surface area contributed by atoms with Gasteiger partial charge in [-0.2, -0.15) is 5.26 Å². The normalized spacial score (nSPS) is 31.3. The van der Waals surface area contributed by atoms with E-state index in [1.165, 1.54) is 25.7 Å². The van der Waals surface area contributed by atoms with E-state index in [1.54, 1.807) is 12.3 Å². The number of nitrogens with one attached hydrogen (secondary N) is 1. The zero-order valence-corrected chi connectivity index (χ0v) is 9.19. The molecule has 3 unspecified atom stereocenters. The Kier molecular flexibility index (Phi) is 2.28. The van der Waals surface area contributed by atoms with Crippen LogP contribution < -0.4 is 5.32 Å². The molecule has 0 saturated heterocycles. The Morgan fingerprint density at radius 1 is 1.38 bits per heavy atom. The lowest BCUT2D eigenvalue weighted by Gasteiger charge is -2.23. The molecule has 2 saturated carbocycles. The van der Waals surface area contributed by atoms with E-state index in [9.17, 15) is 0 Å². The summed E-state index contributed by atoms with van der Waals surface area (Å²) in [4.78, 5) is 4.27. The van der Waals surface area contributed by atoms with Crippen LogP contribution in [0.4, 0.5) is 5.82 Å². The van der Waals surface area contributed by atoms with Gasteiger partial charge in [0, 0.05) is 12.2 Å². The van der Waals surface area contributed by atoms with Gasteiger partial charge in [-0.05, 0) is 43.2 Å². The predicted octanol–water partition coefficient (Wildman–Crippen LogP) is 2.55. The van der Waals surface area contributed by atoms with E-state index in [2.05, 4.69) is 16.4 Å². The Hall–Kier alpha value is -1.56. The lowest BCUT2D eigenvalue weighted by atomic mass is 9.95. The molecule has 3 rings (SSSR count). The topological polar surface area (TPSA) is 48.7 Å². The van der Waals surface area contributed by atoms with Gasteiger partial charge in [0.05, 0.1) is 11.6 Å². The number of rotatable bonds is 2. The largest absolute Gasteiger partial charge is 0.367 e. The van der Waals surface area contributed by atoms with Crippen molar-refractivity contribution in [2.75, 3.05) is 5.32 Å². The Morgan fingerprint density at radius 2 is 2.31 bits per heavy atom. The van der Waals surface area contributed by atoms with Gasteiger partial charge in [-0.25, -0.2) is 4.98 Å². The van der Waals surface area contributed by atoms with Crippen LogP contribution >= 0.6 is 0 Å². The summed E-state index contributed by atoms with van der Waals surface area (Å²) in [6, 6.07) is 6.31. The average molecular weight is 213 g/mol. The Bertz CT molecular complexity index is 435. The molecular weight excluding hydrogens is 198 g/mol. The van der Waals surface area contributed by atoms with Gasteiger partial charge in [0.1, 0.15) is 5.82 Å². The van der Waals surface area contributed by atoms with Crippen molar-refractivity contribution in [3.8, 4) is 6.07 Å². The molecule has 1 N–H and O–H groups in total. The fraction of sp³-hybridized carbons (Fsp3) is 0.538. The average Bonchev–Trinajstić information content (AvgIpc) is 2.91. The summed E-state index contributed by atoms with van der Waals surface area (Å²) in [6.45, 7) is 0. The fourth-order valence-electron chi connectivity index (χ4n) is 3.19. The Balaban J connectivity index is 1.72. The number of hydrogen-bond donors (Lipinski definition) is 1. The number of hydrogen-bond acceptors (Lipinski definition) is 3. The van der Waals surface area contributed by atoms with Crippen molar-refractivity contribution in [1.29, 1.82) is 5.26 Å². The fourth-order valence-corrected chi connectivity index (χ4v) is 3.19. The Labute approximate surface area is 95.5 Å². The lowest BCUT2D eigenvalue weighted by Crippen LogP contribution is -2.26. The third kappa shape index (κ3) is 1.65. The molecule has 16 heavy (non-hydrogen) atoms. The first kappa shape index (κ1) is 9.65. The van der Waals surface area contributed by atoms with Crippen molar-refractivity contribution in [2.24, 2.45) is 11.8 Å². The molecule has 82 valence electrons. The van der Waals surface area contributed by atoms with Crippen molar-refractivity contribution in [2.45, 2.75) is 31.7 Å². The molecule has 0 aliphatic heterocycles. The van der Waals surface area contributed by atoms with E-state index in [-0.39, 0.29) is 0 Å². The molecule has 2 bridgehead atoms. The maximum Gasteiger partial charge on any atom is 0.127 e. The first-order valence-corrected chi connectivity index (χ1v) is 5.98. The van der Waals surface area contributed by atoms with Crippen LogP contribution in [0.3, 0.4) is 0 Å². The molecule has 1 aromatic rings. The third-order valence-corrected chi connectivity index (χ3v) is 3.96. The van der Waals surface area contributed by atoms with Gasteiger partial charge in [-0.1, -0.05) is 6.42 Å². The molecule has 3 nitrogen and oxygen atoms in total. The van der Waals surface area contributed by atoms with E-state index < -0.39 is 0 Å². The van der Waals surface area contributed by atoms with Crippen LogP contribution in [0.5, 0.6) is 0 Å². The van der Waals surface area contributed by atoms with Crippen LogP contribution in [0.25, 0.3) is 0 Å². The molecular formula is C13H15N3.